The molecule has 0 spiro atoms. The predicted octanol–water partition coefficient (Wildman–Crippen LogP) is 28.5. The molecule has 0 unspecified atom stereocenters. The second kappa shape index (κ2) is 48.4. The average molecular weight is 2070 g/mol. The first kappa shape index (κ1) is 104. The molecule has 0 aliphatic rings. The Labute approximate surface area is 827 Å². The first-order valence-electron chi connectivity index (χ1n) is 43.7. The number of hydrogen-bond acceptors (Lipinski definition) is 12. The van der Waals surface area contributed by atoms with Crippen molar-refractivity contribution >= 4 is 181 Å². The fourth-order valence-corrected chi connectivity index (χ4v) is 16.2. The molecule has 7 N–H and O–H groups in total. The number of rotatable bonds is 23. The zero-order valence-corrected chi connectivity index (χ0v) is 82.1. The molecule has 0 bridgehead atoms. The maximum Gasteiger partial charge on any atom is 0.337 e. The van der Waals surface area contributed by atoms with Crippen LogP contribution in [0.25, 0.3) is 99.5 Å². The number of aromatic carboxylic acids is 1. The molecule has 0 saturated carbocycles. The van der Waals surface area contributed by atoms with Crippen molar-refractivity contribution in [2.45, 2.75) is 127 Å². The number of non-ortho nitro benzene ring substituents is 2. The number of benzene rings is 10. The van der Waals surface area contributed by atoms with E-state index in [-0.39, 0.29) is 69.9 Å². The molecule has 0 atom stereocenters. The van der Waals surface area contributed by atoms with Crippen molar-refractivity contribution in [3.63, 3.8) is 0 Å². The molecular formula is C105H99Cl5F4IN13O9. The summed E-state index contributed by atoms with van der Waals surface area (Å²) in [5, 5.41) is 44.3. The Hall–Kier alpha value is -13.4. The summed E-state index contributed by atoms with van der Waals surface area (Å²) in [5.74, 6) is -2.74. The molecule has 17 aromatic rings. The molecule has 708 valence electrons. The smallest absolute Gasteiger partial charge is 0.337 e. The summed E-state index contributed by atoms with van der Waals surface area (Å²) in [4.78, 5) is 75.2. The molecule has 0 aliphatic heterocycles. The number of pyridine rings is 2. The number of nitrogen functional groups attached to an aromatic ring is 2. The van der Waals surface area contributed by atoms with Crippen molar-refractivity contribution in [2.24, 2.45) is 11.8 Å². The minimum atomic E-state index is -2.95. The van der Waals surface area contributed by atoms with E-state index in [1.165, 1.54) is 66.2 Å². The van der Waals surface area contributed by atoms with E-state index >= 15 is 0 Å². The van der Waals surface area contributed by atoms with Crippen LogP contribution in [-0.2, 0) is 61.8 Å². The lowest BCUT2D eigenvalue weighted by atomic mass is 9.99. The summed E-state index contributed by atoms with van der Waals surface area (Å²) in [5.41, 5.74) is 27.4. The monoisotopic (exact) mass is 2060 g/mol. The van der Waals surface area contributed by atoms with Crippen molar-refractivity contribution in [1.82, 2.24) is 43.4 Å². The van der Waals surface area contributed by atoms with Crippen LogP contribution in [0.5, 0.6) is 0 Å². The number of carboxylic acid groups (broad SMARTS) is 1. The summed E-state index contributed by atoms with van der Waals surface area (Å²) in [6.45, 7) is 21.8. The number of carbonyl (C=O) groups is 4. The van der Waals surface area contributed by atoms with Crippen molar-refractivity contribution in [1.29, 1.82) is 0 Å². The summed E-state index contributed by atoms with van der Waals surface area (Å²) >= 11 is 31.7. The van der Waals surface area contributed by atoms with Crippen LogP contribution in [-0.4, -0.2) is 71.3 Å². The molecule has 17 rings (SSSR count). The van der Waals surface area contributed by atoms with Gasteiger partial charge in [0, 0.05) is 230 Å². The zero-order valence-electron chi connectivity index (χ0n) is 76.1. The molecule has 0 saturated heterocycles. The van der Waals surface area contributed by atoms with Gasteiger partial charge >= 0.3 is 5.97 Å². The van der Waals surface area contributed by atoms with Crippen LogP contribution in [0.1, 0.15) is 124 Å². The number of aryl methyl sites for hydroxylation is 5. The number of anilines is 2. The Bertz CT molecular complexity index is 7000. The lowest BCUT2D eigenvalue weighted by molar-refractivity contribution is -0.384. The second-order valence-electron chi connectivity index (χ2n) is 32.0. The number of Topliss-reactive ketones (excluding diaryl/α,β-unsaturated/α-hetero) is 1. The van der Waals surface area contributed by atoms with Gasteiger partial charge in [0.15, 0.2) is 5.78 Å². The van der Waals surface area contributed by atoms with Gasteiger partial charge in [-0.3, -0.25) is 44.6 Å². The number of nitrogens with zero attached hydrogens (tertiary/aromatic N) is 9. The molecule has 7 heterocycles. The molecule has 2 amide bonds. The van der Waals surface area contributed by atoms with E-state index in [4.69, 9.17) is 74.6 Å². The van der Waals surface area contributed by atoms with E-state index in [1.807, 2.05) is 189 Å². The van der Waals surface area contributed by atoms with Gasteiger partial charge in [-0.15, -0.1) is 0 Å². The number of carbonyl (C=O) groups excluding carboxylic acids is 3. The number of fused-ring (bicyclic) bond motifs is 5. The number of hydrogen-bond donors (Lipinski definition) is 5. The first-order valence-corrected chi connectivity index (χ1v) is 46.7. The van der Waals surface area contributed by atoms with Crippen LogP contribution >= 0.6 is 80.6 Å². The predicted molar refractivity (Wildman–Crippen MR) is 553 cm³/mol. The SMILES string of the molecule is CC(C)C(=O)NCc1cnc(C(F)F)c(C(=O)O)c1.CCn1c(-c2ccc(Cl)cc2)cc2cc(CC(=O)c3cc(CNC(=O)C(C)C)cnc3C(F)F)ccc21.CCn1c(-c2ccc(Cl)cc2)cc2cc(N)ccc21.CCn1c(-c2ccc(Cl)cc2)cc2cc(N)ccc21.CCn1c(-c2ccc(Cl)cc2)cc2cc([N+](=O)[O-])ccc21.CCn1ccc2cc([N+](=O)[O-])ccc21.Clc1ccc(I)cc1. The highest BCUT2D eigenvalue weighted by molar-refractivity contribution is 14.1. The minimum absolute atomic E-state index is 0.0489. The molecule has 22 nitrogen and oxygen atoms in total. The molecule has 0 aliphatic carbocycles. The number of nitro benzene ring substituents is 2. The maximum absolute atomic E-state index is 13.7. The van der Waals surface area contributed by atoms with E-state index in [0.29, 0.717) is 26.7 Å². The zero-order chi connectivity index (χ0) is 99.2. The van der Waals surface area contributed by atoms with E-state index in [0.717, 1.165) is 127 Å². The van der Waals surface area contributed by atoms with Crippen molar-refractivity contribution in [3.05, 3.63) is 361 Å². The van der Waals surface area contributed by atoms with Crippen LogP contribution < -0.4 is 22.1 Å². The van der Waals surface area contributed by atoms with Crippen LogP contribution in [0.15, 0.2) is 273 Å². The number of ketones is 1. The van der Waals surface area contributed by atoms with Gasteiger partial charge < -0.3 is 50.0 Å². The standard InChI is InChI=1S/C29H28ClF2N3O2.C16H13ClN2O2.2C16H15ClN2.C12H14F2N2O3.C10H10N2O2.C6H4ClI/c1-4-35-24-10-5-18(11-21(24)14-25(35)20-6-8-22(30)9-7-20)13-26(36)23-12-19(15-33-27(23)28(31)32)16-34-29(37)17(2)3;1-2-18-15-8-7-14(19(20)21)9-12(15)10-16(18)11-3-5-13(17)6-4-11;2*1-2-19-15-8-7-14(18)9-12(15)10-16(19)11-3-5-13(17)6-4-11;1-6(2)11(17)16-5-7-3-8(12(18)19)9(10(13)14)15-4-7;1-2-11-6-5-8-7-9(12(13)14)3-4-10(8)11;7-5-1-3-6(8)4-2-5/h5-12,14-15,17,28H,4,13,16H2,1-3H3,(H,34,37);3-10H,2H2,1H3;2*3-10H,2,18H2,1H3;3-4,6,10H,5H2,1-2H3,(H,16,17)(H,18,19);3-7H,2H2,1H3;1-4H. The third-order valence-corrected chi connectivity index (χ3v) is 24.1. The Balaban J connectivity index is 0.000000159. The molecule has 32 heteroatoms. The highest BCUT2D eigenvalue weighted by Crippen LogP contribution is 2.37. The summed E-state index contributed by atoms with van der Waals surface area (Å²) in [7, 11) is 0. The second-order valence-corrected chi connectivity index (χ2v) is 35.4. The van der Waals surface area contributed by atoms with Crippen molar-refractivity contribution in [2.75, 3.05) is 11.5 Å². The molecule has 10 aromatic carbocycles. The average Bonchev–Trinajstić information content (AvgIpc) is 1.65. The first-order chi connectivity index (χ1) is 65.5. The van der Waals surface area contributed by atoms with Gasteiger partial charge in [-0.1, -0.05) is 140 Å². The molecule has 0 radical (unpaired) electrons. The number of carboxylic acids is 1. The van der Waals surface area contributed by atoms with Gasteiger partial charge in [0.1, 0.15) is 11.4 Å². The number of aromatic nitrogens is 7. The van der Waals surface area contributed by atoms with Crippen LogP contribution in [0.4, 0.5) is 40.3 Å². The summed E-state index contributed by atoms with van der Waals surface area (Å²) in [6.07, 6.45) is -1.54. The summed E-state index contributed by atoms with van der Waals surface area (Å²) < 4.78 is 64.6. The molecule has 137 heavy (non-hydrogen) atoms. The number of nitrogens with one attached hydrogen (secondary N) is 2. The van der Waals surface area contributed by atoms with E-state index < -0.39 is 41.6 Å². The Morgan fingerprint density at radius 1 is 0.401 bits per heavy atom. The number of alkyl halides is 4. The number of nitro groups is 2. The van der Waals surface area contributed by atoms with E-state index in [9.17, 15) is 57.0 Å². The van der Waals surface area contributed by atoms with Gasteiger partial charge in [-0.2, -0.15) is 0 Å². The molecule has 0 fully saturated rings. The third kappa shape index (κ3) is 27.1. The number of nitrogens with two attached hydrogens (primary N) is 2. The maximum atomic E-state index is 13.7. The molecular weight excluding hydrogens is 1970 g/mol. The number of amides is 2. The Morgan fingerprint density at radius 2 is 0.723 bits per heavy atom. The van der Waals surface area contributed by atoms with Gasteiger partial charge in [0.25, 0.3) is 24.2 Å². The van der Waals surface area contributed by atoms with Gasteiger partial charge in [-0.25, -0.2) is 22.4 Å². The summed E-state index contributed by atoms with van der Waals surface area (Å²) in [6, 6.07) is 79.2. The van der Waals surface area contributed by atoms with Crippen LogP contribution in [0.3, 0.4) is 0 Å². The fourth-order valence-electron chi connectivity index (χ4n) is 15.2. The van der Waals surface area contributed by atoms with Gasteiger partial charge in [0.2, 0.25) is 11.8 Å². The van der Waals surface area contributed by atoms with Crippen molar-refractivity contribution < 1.29 is 51.7 Å². The van der Waals surface area contributed by atoms with Crippen LogP contribution in [0, 0.1) is 35.6 Å². The normalized spacial score (nSPS) is 11.0. The van der Waals surface area contributed by atoms with Crippen LogP contribution in [0.2, 0.25) is 25.1 Å². The fraction of sp³-hybridized carbons (Fsp3) is 0.200. The minimum Gasteiger partial charge on any atom is -0.478 e. The number of halogens is 10. The lowest BCUT2D eigenvalue weighted by Crippen LogP contribution is -2.27. The lowest BCUT2D eigenvalue weighted by Gasteiger charge is -2.12. The molecule has 7 aromatic heterocycles. The Morgan fingerprint density at radius 3 is 1.06 bits per heavy atom. The van der Waals surface area contributed by atoms with Gasteiger partial charge in [0.05, 0.1) is 15.4 Å². The van der Waals surface area contributed by atoms with E-state index in [2.05, 4.69) is 124 Å². The topological polar surface area (TPSA) is 301 Å². The van der Waals surface area contributed by atoms with Crippen molar-refractivity contribution in [3.8, 4) is 45.0 Å². The largest absolute Gasteiger partial charge is 0.478 e. The third-order valence-electron chi connectivity index (χ3n) is 22.1. The van der Waals surface area contributed by atoms with E-state index in [1.54, 1.807) is 58.0 Å². The Kier molecular flexibility index (Phi) is 36.7. The highest BCUT2D eigenvalue weighted by Gasteiger charge is 2.25. The quantitative estimate of drug-likeness (QED) is 0.00995. The van der Waals surface area contributed by atoms with Gasteiger partial charge in [-0.05, 0) is 272 Å². The highest BCUT2D eigenvalue weighted by atomic mass is 127.